The van der Waals surface area contributed by atoms with Crippen molar-refractivity contribution in [1.29, 1.82) is 0 Å². The van der Waals surface area contributed by atoms with Crippen molar-refractivity contribution < 1.29 is 4.79 Å². The van der Waals surface area contributed by atoms with Crippen LogP contribution in [-0.4, -0.2) is 22.4 Å². The second-order valence-corrected chi connectivity index (χ2v) is 7.56. The van der Waals surface area contributed by atoms with Crippen LogP contribution in [-0.2, 0) is 16.6 Å². The number of nitrogens with zero attached hydrogens (tertiary/aromatic N) is 1. The number of aromatic nitrogens is 2. The predicted octanol–water partition coefficient (Wildman–Crippen LogP) is 3.98. The summed E-state index contributed by atoms with van der Waals surface area (Å²) in [5.74, 6) is 0.0747. The molecule has 0 spiro atoms. The Morgan fingerprint density at radius 1 is 1.27 bits per heavy atom. The number of hydrogen-bond donors (Lipinski definition) is 2. The highest BCUT2D eigenvalue weighted by molar-refractivity contribution is 5.84. The van der Waals surface area contributed by atoms with Crippen LogP contribution in [0.1, 0.15) is 37.3 Å². The number of nitrogens with one attached hydrogen (secondary N) is 2. The number of H-pyrrole nitrogens is 1. The fourth-order valence-electron chi connectivity index (χ4n) is 4.00. The van der Waals surface area contributed by atoms with Gasteiger partial charge in [0.2, 0.25) is 5.91 Å². The van der Waals surface area contributed by atoms with Gasteiger partial charge in [-0.05, 0) is 42.5 Å². The normalized spacial score (nSPS) is 16.8. The predicted molar refractivity (Wildman–Crippen MR) is 104 cm³/mol. The number of pyridine rings is 1. The van der Waals surface area contributed by atoms with Gasteiger partial charge in [-0.2, -0.15) is 0 Å². The number of aromatic amines is 1. The van der Waals surface area contributed by atoms with Gasteiger partial charge in [0.25, 0.3) is 0 Å². The van der Waals surface area contributed by atoms with Gasteiger partial charge in [0, 0.05) is 47.4 Å². The van der Waals surface area contributed by atoms with Gasteiger partial charge in [-0.1, -0.05) is 37.6 Å². The van der Waals surface area contributed by atoms with Crippen LogP contribution in [0.15, 0.2) is 55.0 Å². The Balaban J connectivity index is 1.40. The second kappa shape index (κ2) is 6.94. The zero-order chi connectivity index (χ0) is 18.0. The quantitative estimate of drug-likeness (QED) is 0.708. The molecule has 26 heavy (non-hydrogen) atoms. The van der Waals surface area contributed by atoms with Crippen LogP contribution in [0.2, 0.25) is 0 Å². The number of hydrogen-bond acceptors (Lipinski definition) is 2. The van der Waals surface area contributed by atoms with Crippen LogP contribution < -0.4 is 5.32 Å². The number of para-hydroxylation sites is 1. The first-order valence-electron chi connectivity index (χ1n) is 9.41. The molecule has 1 atom stereocenters. The molecule has 0 aliphatic heterocycles. The molecule has 1 unspecified atom stereocenters. The van der Waals surface area contributed by atoms with Crippen LogP contribution >= 0.6 is 0 Å². The van der Waals surface area contributed by atoms with Crippen molar-refractivity contribution in [2.75, 3.05) is 6.54 Å². The molecule has 0 radical (unpaired) electrons. The van der Waals surface area contributed by atoms with E-state index in [1.807, 2.05) is 37.5 Å². The minimum atomic E-state index is -0.0553. The molecular weight excluding hydrogens is 322 g/mol. The highest BCUT2D eigenvalue weighted by Crippen LogP contribution is 2.42. The number of rotatable bonds is 6. The molecule has 4 rings (SSSR count). The zero-order valence-electron chi connectivity index (χ0n) is 15.2. The lowest BCUT2D eigenvalue weighted by Crippen LogP contribution is -2.46. The summed E-state index contributed by atoms with van der Waals surface area (Å²) in [6, 6.07) is 12.4. The first-order valence-corrected chi connectivity index (χ1v) is 9.41. The molecule has 134 valence electrons. The summed E-state index contributed by atoms with van der Waals surface area (Å²) in [7, 11) is 0. The topological polar surface area (TPSA) is 57.8 Å². The lowest BCUT2D eigenvalue weighted by atomic mass is 9.65. The number of fused-ring (bicyclic) bond motifs is 1. The van der Waals surface area contributed by atoms with E-state index in [9.17, 15) is 4.79 Å². The minimum Gasteiger partial charge on any atom is -0.361 e. The number of amides is 1. The van der Waals surface area contributed by atoms with Crippen molar-refractivity contribution in [1.82, 2.24) is 15.3 Å². The van der Waals surface area contributed by atoms with E-state index in [2.05, 4.69) is 33.5 Å². The summed E-state index contributed by atoms with van der Waals surface area (Å²) in [6.07, 6.45) is 9.98. The molecule has 1 aliphatic carbocycles. The first-order chi connectivity index (χ1) is 12.7. The second-order valence-electron chi connectivity index (χ2n) is 7.56. The van der Waals surface area contributed by atoms with Gasteiger partial charge in [-0.3, -0.25) is 9.78 Å². The molecule has 4 nitrogen and oxygen atoms in total. The maximum Gasteiger partial charge on any atom is 0.223 e. The summed E-state index contributed by atoms with van der Waals surface area (Å²) >= 11 is 0. The van der Waals surface area contributed by atoms with Crippen LogP contribution in [0.5, 0.6) is 0 Å². The van der Waals surface area contributed by atoms with E-state index in [-0.39, 0.29) is 17.2 Å². The van der Waals surface area contributed by atoms with E-state index in [1.165, 1.54) is 22.9 Å². The summed E-state index contributed by atoms with van der Waals surface area (Å²) in [5.41, 5.74) is 3.65. The maximum absolute atomic E-state index is 12.7. The van der Waals surface area contributed by atoms with Crippen LogP contribution in [0.25, 0.3) is 10.9 Å². The largest absolute Gasteiger partial charge is 0.361 e. The molecule has 2 N–H and O–H groups in total. The van der Waals surface area contributed by atoms with Crippen LogP contribution in [0.4, 0.5) is 0 Å². The zero-order valence-corrected chi connectivity index (χ0v) is 15.2. The van der Waals surface area contributed by atoms with Crippen molar-refractivity contribution in [3.63, 3.8) is 0 Å². The molecule has 2 aromatic heterocycles. The third kappa shape index (κ3) is 3.12. The third-order valence-electron chi connectivity index (χ3n) is 5.83. The van der Waals surface area contributed by atoms with Crippen molar-refractivity contribution in [2.45, 2.75) is 38.0 Å². The number of carbonyl (C=O) groups is 1. The highest BCUT2D eigenvalue weighted by Gasteiger charge is 2.39. The van der Waals surface area contributed by atoms with Gasteiger partial charge in [0.05, 0.1) is 0 Å². The molecule has 1 aromatic carbocycles. The lowest BCUT2D eigenvalue weighted by molar-refractivity contribution is -0.124. The Bertz CT molecular complexity index is 896. The fourth-order valence-corrected chi connectivity index (χ4v) is 4.00. The van der Waals surface area contributed by atoms with Gasteiger partial charge in [-0.15, -0.1) is 0 Å². The molecule has 4 heteroatoms. The molecular formula is C22H25N3O. The summed E-state index contributed by atoms with van der Waals surface area (Å²) < 4.78 is 0. The van der Waals surface area contributed by atoms with E-state index in [4.69, 9.17) is 0 Å². The van der Waals surface area contributed by atoms with Crippen LogP contribution in [0.3, 0.4) is 0 Å². The minimum absolute atomic E-state index is 0.0553. The average molecular weight is 347 g/mol. The Morgan fingerprint density at radius 3 is 2.85 bits per heavy atom. The average Bonchev–Trinajstić information content (AvgIpc) is 3.04. The van der Waals surface area contributed by atoms with Gasteiger partial charge in [-0.25, -0.2) is 0 Å². The molecule has 1 aliphatic rings. The molecule has 1 amide bonds. The van der Waals surface area contributed by atoms with Gasteiger partial charge < -0.3 is 10.3 Å². The lowest BCUT2D eigenvalue weighted by Gasteiger charge is -2.42. The smallest absolute Gasteiger partial charge is 0.223 e. The molecule has 1 fully saturated rings. The molecule has 0 bridgehead atoms. The van der Waals surface area contributed by atoms with Gasteiger partial charge >= 0.3 is 0 Å². The van der Waals surface area contributed by atoms with Crippen molar-refractivity contribution in [3.8, 4) is 0 Å². The van der Waals surface area contributed by atoms with Gasteiger partial charge in [0.15, 0.2) is 0 Å². The monoisotopic (exact) mass is 347 g/mol. The summed E-state index contributed by atoms with van der Waals surface area (Å²) in [4.78, 5) is 20.2. The van der Waals surface area contributed by atoms with E-state index >= 15 is 0 Å². The fraction of sp³-hybridized carbons (Fsp3) is 0.364. The highest BCUT2D eigenvalue weighted by atomic mass is 16.1. The molecule has 0 saturated heterocycles. The van der Waals surface area contributed by atoms with Crippen molar-refractivity contribution in [3.05, 3.63) is 66.1 Å². The molecule has 3 aromatic rings. The maximum atomic E-state index is 12.7. The van der Waals surface area contributed by atoms with Crippen LogP contribution in [0, 0.1) is 5.92 Å². The SMILES string of the molecule is CC(Cc1c[nH]c2ccccc12)C(=O)NCC1(c2cccnc2)CCC1. The van der Waals surface area contributed by atoms with E-state index < -0.39 is 0 Å². The van der Waals surface area contributed by atoms with Gasteiger partial charge in [0.1, 0.15) is 0 Å². The third-order valence-corrected chi connectivity index (χ3v) is 5.83. The Hall–Kier alpha value is -2.62. The summed E-state index contributed by atoms with van der Waals surface area (Å²) in [5, 5.41) is 4.41. The Morgan fingerprint density at radius 2 is 2.12 bits per heavy atom. The summed E-state index contributed by atoms with van der Waals surface area (Å²) in [6.45, 7) is 2.71. The number of benzene rings is 1. The van der Waals surface area contributed by atoms with E-state index in [1.54, 1.807) is 6.20 Å². The Labute approximate surface area is 154 Å². The Kier molecular flexibility index (Phi) is 4.49. The standard InChI is InChI=1S/C22H25N3O/c1-16(12-17-13-24-20-8-3-2-7-19(17)20)21(26)25-15-22(9-5-10-22)18-6-4-11-23-14-18/h2-4,6-8,11,13-14,16,24H,5,9-10,12,15H2,1H3,(H,25,26). The van der Waals surface area contributed by atoms with Crippen molar-refractivity contribution >= 4 is 16.8 Å². The van der Waals surface area contributed by atoms with Crippen molar-refractivity contribution in [2.24, 2.45) is 5.92 Å². The van der Waals surface area contributed by atoms with E-state index in [0.717, 1.165) is 24.8 Å². The molecule has 1 saturated carbocycles. The first kappa shape index (κ1) is 16.8. The molecule has 2 heterocycles. The number of carbonyl (C=O) groups excluding carboxylic acids is 1. The van der Waals surface area contributed by atoms with E-state index in [0.29, 0.717) is 6.54 Å².